The number of nitrogens with two attached hydrogens (primary N) is 1. The Morgan fingerprint density at radius 1 is 1.14 bits per heavy atom. The number of ether oxygens (including phenoxy) is 1. The second-order valence-corrected chi connectivity index (χ2v) is 5.36. The van der Waals surface area contributed by atoms with E-state index in [1.807, 2.05) is 62.4 Å². The van der Waals surface area contributed by atoms with Crippen LogP contribution in [0.4, 0.5) is 0 Å². The fraction of sp³-hybridized carbons (Fsp3) is 0.278. The third-order valence-electron chi connectivity index (χ3n) is 3.60. The molecule has 1 atom stereocenters. The van der Waals surface area contributed by atoms with Gasteiger partial charge in [0, 0.05) is 12.6 Å². The number of benzene rings is 2. The van der Waals surface area contributed by atoms with Gasteiger partial charge in [0.1, 0.15) is 5.75 Å². The van der Waals surface area contributed by atoms with E-state index in [9.17, 15) is 4.79 Å². The highest BCUT2D eigenvalue weighted by atomic mass is 16.5. The molecule has 0 radical (unpaired) electrons. The van der Waals surface area contributed by atoms with Crippen LogP contribution in [-0.2, 0) is 4.79 Å². The fourth-order valence-electron chi connectivity index (χ4n) is 2.05. The average Bonchev–Trinajstić information content (AvgIpc) is 2.54. The molecule has 2 aromatic rings. The predicted molar refractivity (Wildman–Crippen MR) is 87.8 cm³/mol. The van der Waals surface area contributed by atoms with Crippen LogP contribution in [0.25, 0.3) is 0 Å². The average molecular weight is 298 g/mol. The molecule has 0 saturated heterocycles. The van der Waals surface area contributed by atoms with Gasteiger partial charge in [0.2, 0.25) is 0 Å². The van der Waals surface area contributed by atoms with Crippen LogP contribution in [0.1, 0.15) is 22.7 Å². The summed E-state index contributed by atoms with van der Waals surface area (Å²) in [4.78, 5) is 11.8. The summed E-state index contributed by atoms with van der Waals surface area (Å²) in [7, 11) is 0. The maximum atomic E-state index is 11.8. The van der Waals surface area contributed by atoms with E-state index in [-0.39, 0.29) is 18.6 Å². The van der Waals surface area contributed by atoms with E-state index in [1.54, 1.807) is 0 Å². The highest BCUT2D eigenvalue weighted by molar-refractivity contribution is 5.77. The van der Waals surface area contributed by atoms with E-state index < -0.39 is 0 Å². The van der Waals surface area contributed by atoms with Crippen molar-refractivity contribution in [2.24, 2.45) is 5.73 Å². The highest BCUT2D eigenvalue weighted by Gasteiger charge is 2.08. The Morgan fingerprint density at radius 2 is 1.86 bits per heavy atom. The van der Waals surface area contributed by atoms with E-state index in [2.05, 4.69) is 5.32 Å². The molecule has 4 heteroatoms. The van der Waals surface area contributed by atoms with Gasteiger partial charge in [-0.25, -0.2) is 0 Å². The molecule has 0 spiro atoms. The summed E-state index contributed by atoms with van der Waals surface area (Å²) < 4.78 is 5.49. The van der Waals surface area contributed by atoms with Gasteiger partial charge >= 0.3 is 0 Å². The molecule has 2 rings (SSSR count). The Hall–Kier alpha value is -2.33. The van der Waals surface area contributed by atoms with Crippen LogP contribution >= 0.6 is 0 Å². The molecule has 0 aliphatic rings. The van der Waals surface area contributed by atoms with Crippen molar-refractivity contribution in [1.82, 2.24) is 5.32 Å². The number of hydrogen-bond acceptors (Lipinski definition) is 3. The minimum Gasteiger partial charge on any atom is -0.484 e. The number of carbonyl (C=O) groups is 1. The van der Waals surface area contributed by atoms with Gasteiger partial charge in [0.05, 0.1) is 0 Å². The van der Waals surface area contributed by atoms with Crippen molar-refractivity contribution >= 4 is 5.91 Å². The second-order valence-electron chi connectivity index (χ2n) is 5.36. The van der Waals surface area contributed by atoms with Crippen LogP contribution < -0.4 is 15.8 Å². The lowest BCUT2D eigenvalue weighted by Gasteiger charge is -2.13. The number of aryl methyl sites for hydroxylation is 2. The summed E-state index contributed by atoms with van der Waals surface area (Å²) in [6.07, 6.45) is 0. The summed E-state index contributed by atoms with van der Waals surface area (Å²) in [5.41, 5.74) is 9.37. The van der Waals surface area contributed by atoms with Crippen molar-refractivity contribution in [3.63, 3.8) is 0 Å². The molecule has 0 aliphatic carbocycles. The SMILES string of the molecule is Cc1ccc(OCC(=O)NCC(N)c2ccccc2)cc1C. The van der Waals surface area contributed by atoms with Crippen molar-refractivity contribution in [2.45, 2.75) is 19.9 Å². The second kappa shape index (κ2) is 7.61. The van der Waals surface area contributed by atoms with Gasteiger partial charge in [-0.1, -0.05) is 36.4 Å². The molecule has 0 aliphatic heterocycles. The largest absolute Gasteiger partial charge is 0.484 e. The Labute approximate surface area is 131 Å². The van der Waals surface area contributed by atoms with Gasteiger partial charge < -0.3 is 15.8 Å². The zero-order chi connectivity index (χ0) is 15.9. The summed E-state index contributed by atoms with van der Waals surface area (Å²) >= 11 is 0. The molecule has 4 nitrogen and oxygen atoms in total. The zero-order valence-electron chi connectivity index (χ0n) is 13.0. The monoisotopic (exact) mass is 298 g/mol. The highest BCUT2D eigenvalue weighted by Crippen LogP contribution is 2.16. The fourth-order valence-corrected chi connectivity index (χ4v) is 2.05. The molecule has 0 aromatic heterocycles. The Morgan fingerprint density at radius 3 is 2.55 bits per heavy atom. The molecule has 116 valence electrons. The third kappa shape index (κ3) is 4.60. The number of rotatable bonds is 6. The van der Waals surface area contributed by atoms with Crippen LogP contribution in [0.15, 0.2) is 48.5 Å². The first kappa shape index (κ1) is 16.0. The lowest BCUT2D eigenvalue weighted by atomic mass is 10.1. The summed E-state index contributed by atoms with van der Waals surface area (Å²) in [6, 6.07) is 15.3. The Balaban J connectivity index is 1.77. The van der Waals surface area contributed by atoms with E-state index in [4.69, 9.17) is 10.5 Å². The molecule has 2 aromatic carbocycles. The molecule has 0 fully saturated rings. The summed E-state index contributed by atoms with van der Waals surface area (Å²) in [6.45, 7) is 4.43. The number of amides is 1. The van der Waals surface area contributed by atoms with Crippen LogP contribution in [0.2, 0.25) is 0 Å². The molecular formula is C18H22N2O2. The molecule has 0 bridgehead atoms. The molecule has 0 saturated carbocycles. The molecule has 1 unspecified atom stereocenters. The Bertz CT molecular complexity index is 626. The van der Waals surface area contributed by atoms with Crippen molar-refractivity contribution in [1.29, 1.82) is 0 Å². The first-order valence-corrected chi connectivity index (χ1v) is 7.33. The van der Waals surface area contributed by atoms with E-state index in [0.717, 1.165) is 11.1 Å². The Kier molecular flexibility index (Phi) is 5.55. The number of carbonyl (C=O) groups excluding carboxylic acids is 1. The van der Waals surface area contributed by atoms with Crippen LogP contribution in [0.3, 0.4) is 0 Å². The van der Waals surface area contributed by atoms with Gasteiger partial charge in [0.15, 0.2) is 6.61 Å². The normalized spacial score (nSPS) is 11.8. The lowest BCUT2D eigenvalue weighted by molar-refractivity contribution is -0.123. The topological polar surface area (TPSA) is 64.3 Å². The zero-order valence-corrected chi connectivity index (χ0v) is 13.0. The van der Waals surface area contributed by atoms with Gasteiger partial charge in [0.25, 0.3) is 5.91 Å². The van der Waals surface area contributed by atoms with E-state index in [1.165, 1.54) is 5.56 Å². The van der Waals surface area contributed by atoms with Gasteiger partial charge in [-0.3, -0.25) is 4.79 Å². The molecule has 0 heterocycles. The van der Waals surface area contributed by atoms with Crippen molar-refractivity contribution < 1.29 is 9.53 Å². The predicted octanol–water partition coefficient (Wildman–Crippen LogP) is 2.50. The maximum Gasteiger partial charge on any atom is 0.258 e. The first-order valence-electron chi connectivity index (χ1n) is 7.33. The maximum absolute atomic E-state index is 11.8. The van der Waals surface area contributed by atoms with Crippen molar-refractivity contribution in [3.05, 3.63) is 65.2 Å². The van der Waals surface area contributed by atoms with Crippen LogP contribution in [-0.4, -0.2) is 19.1 Å². The van der Waals surface area contributed by atoms with E-state index in [0.29, 0.717) is 12.3 Å². The van der Waals surface area contributed by atoms with Crippen molar-refractivity contribution in [2.75, 3.05) is 13.2 Å². The van der Waals surface area contributed by atoms with Crippen LogP contribution in [0, 0.1) is 13.8 Å². The minimum atomic E-state index is -0.216. The van der Waals surface area contributed by atoms with Gasteiger partial charge in [-0.15, -0.1) is 0 Å². The molecule has 22 heavy (non-hydrogen) atoms. The number of hydrogen-bond donors (Lipinski definition) is 2. The smallest absolute Gasteiger partial charge is 0.258 e. The number of nitrogens with one attached hydrogen (secondary N) is 1. The standard InChI is InChI=1S/C18H22N2O2/c1-13-8-9-16(10-14(13)2)22-12-18(21)20-11-17(19)15-6-4-3-5-7-15/h3-10,17H,11-12,19H2,1-2H3,(H,20,21). The van der Waals surface area contributed by atoms with Gasteiger partial charge in [-0.05, 0) is 42.7 Å². The molecule has 1 amide bonds. The van der Waals surface area contributed by atoms with Crippen LogP contribution in [0.5, 0.6) is 5.75 Å². The van der Waals surface area contributed by atoms with E-state index >= 15 is 0 Å². The quantitative estimate of drug-likeness (QED) is 0.861. The molecular weight excluding hydrogens is 276 g/mol. The summed E-state index contributed by atoms with van der Waals surface area (Å²) in [5, 5.41) is 2.79. The van der Waals surface area contributed by atoms with Gasteiger partial charge in [-0.2, -0.15) is 0 Å². The first-order chi connectivity index (χ1) is 10.6. The minimum absolute atomic E-state index is 0.00991. The lowest BCUT2D eigenvalue weighted by Crippen LogP contribution is -2.35. The van der Waals surface area contributed by atoms with Crippen molar-refractivity contribution in [3.8, 4) is 5.75 Å². The third-order valence-corrected chi connectivity index (χ3v) is 3.60. The summed E-state index contributed by atoms with van der Waals surface area (Å²) in [5.74, 6) is 0.523. The molecule has 3 N–H and O–H groups in total.